The molecule has 0 nitrogen and oxygen atoms in total. The summed E-state index contributed by atoms with van der Waals surface area (Å²) in [4.78, 5) is 0. The van der Waals surface area contributed by atoms with Gasteiger partial charge in [0, 0.05) is 0 Å². The van der Waals surface area contributed by atoms with Crippen LogP contribution < -0.4 is 0 Å². The molecule has 0 aliphatic rings. The topological polar surface area (TPSA) is 0 Å². The molecular weight excluding hydrogens is 333 g/mol. The maximum Gasteiger partial charge on any atom is 0.416 e. The summed E-state index contributed by atoms with van der Waals surface area (Å²) < 4.78 is 39.6. The van der Waals surface area contributed by atoms with E-state index in [9.17, 15) is 13.2 Å². The van der Waals surface area contributed by atoms with E-state index < -0.39 is 11.7 Å². The maximum absolute atomic E-state index is 13.2. The average molecular weight is 354 g/mol. The summed E-state index contributed by atoms with van der Waals surface area (Å²) in [6.07, 6.45) is -4.34. The third-order valence-electron chi connectivity index (χ3n) is 4.77. The van der Waals surface area contributed by atoms with E-state index in [-0.39, 0.29) is 5.56 Å². The van der Waals surface area contributed by atoms with Gasteiger partial charge in [0.05, 0.1) is 5.56 Å². The zero-order chi connectivity index (χ0) is 19.1. The number of halogens is 3. The fourth-order valence-electron chi connectivity index (χ4n) is 3.39. The molecule has 0 atom stereocenters. The normalized spacial score (nSPS) is 11.7. The van der Waals surface area contributed by atoms with Crippen LogP contribution in [0, 0.1) is 27.7 Å². The molecule has 0 radical (unpaired) electrons. The van der Waals surface area contributed by atoms with Crippen molar-refractivity contribution in [1.29, 1.82) is 0 Å². The van der Waals surface area contributed by atoms with Crippen molar-refractivity contribution in [2.75, 3.05) is 0 Å². The highest BCUT2D eigenvalue weighted by Gasteiger charge is 2.32. The first kappa shape index (κ1) is 18.2. The van der Waals surface area contributed by atoms with E-state index in [1.165, 1.54) is 30.2 Å². The molecule has 0 saturated heterocycles. The van der Waals surface area contributed by atoms with Gasteiger partial charge < -0.3 is 0 Å². The van der Waals surface area contributed by atoms with Crippen LogP contribution in [0.3, 0.4) is 0 Å². The van der Waals surface area contributed by atoms with E-state index in [0.29, 0.717) is 5.56 Å². The lowest BCUT2D eigenvalue weighted by atomic mass is 9.92. The highest BCUT2D eigenvalue weighted by molar-refractivity contribution is 5.75. The first-order chi connectivity index (χ1) is 12.2. The summed E-state index contributed by atoms with van der Waals surface area (Å²) >= 11 is 0. The molecule has 26 heavy (non-hydrogen) atoms. The molecular formula is C23H21F3. The van der Waals surface area contributed by atoms with Crippen molar-refractivity contribution in [2.24, 2.45) is 0 Å². The molecule has 3 aromatic rings. The number of hydrogen-bond acceptors (Lipinski definition) is 0. The highest BCUT2D eigenvalue weighted by Crippen LogP contribution is 2.36. The molecule has 3 aromatic carbocycles. The lowest BCUT2D eigenvalue weighted by Gasteiger charge is -2.15. The maximum atomic E-state index is 13.2. The van der Waals surface area contributed by atoms with Crippen molar-refractivity contribution in [3.8, 4) is 22.3 Å². The molecule has 0 N–H and O–H groups in total. The molecule has 0 bridgehead atoms. The zero-order valence-corrected chi connectivity index (χ0v) is 15.3. The second-order valence-electron chi connectivity index (χ2n) is 6.88. The molecule has 0 saturated carbocycles. The van der Waals surface area contributed by atoms with Gasteiger partial charge in [-0.2, -0.15) is 13.2 Å². The lowest BCUT2D eigenvalue weighted by Crippen LogP contribution is -2.07. The predicted molar refractivity (Wildman–Crippen MR) is 101 cm³/mol. The summed E-state index contributed by atoms with van der Waals surface area (Å²) in [5, 5.41) is 0. The molecule has 3 rings (SSSR count). The Balaban J connectivity index is 2.06. The Bertz CT molecular complexity index is 966. The second-order valence-corrected chi connectivity index (χ2v) is 6.88. The molecule has 0 fully saturated rings. The van der Waals surface area contributed by atoms with Crippen LogP contribution in [0.1, 0.15) is 27.8 Å². The Kier molecular flexibility index (Phi) is 4.66. The molecule has 0 spiro atoms. The number of rotatable bonds is 2. The van der Waals surface area contributed by atoms with Gasteiger partial charge >= 0.3 is 6.18 Å². The highest BCUT2D eigenvalue weighted by atomic mass is 19.4. The molecule has 0 unspecified atom stereocenters. The Morgan fingerprint density at radius 1 is 0.577 bits per heavy atom. The van der Waals surface area contributed by atoms with Crippen LogP contribution >= 0.6 is 0 Å². The summed E-state index contributed by atoms with van der Waals surface area (Å²) in [7, 11) is 0. The van der Waals surface area contributed by atoms with Crippen LogP contribution in [0.2, 0.25) is 0 Å². The molecule has 0 heterocycles. The number of benzene rings is 3. The van der Waals surface area contributed by atoms with Crippen molar-refractivity contribution in [3.05, 3.63) is 82.4 Å². The minimum absolute atomic E-state index is 0.241. The third kappa shape index (κ3) is 3.52. The van der Waals surface area contributed by atoms with Gasteiger partial charge in [0.15, 0.2) is 0 Å². The Morgan fingerprint density at radius 2 is 1.12 bits per heavy atom. The average Bonchev–Trinajstić information content (AvgIpc) is 2.54. The van der Waals surface area contributed by atoms with Gasteiger partial charge in [-0.3, -0.25) is 0 Å². The minimum atomic E-state index is -4.34. The molecule has 134 valence electrons. The van der Waals surface area contributed by atoms with Crippen molar-refractivity contribution in [1.82, 2.24) is 0 Å². The minimum Gasteiger partial charge on any atom is -0.166 e. The van der Waals surface area contributed by atoms with Crippen LogP contribution in [0.15, 0.2) is 54.6 Å². The molecule has 0 aliphatic heterocycles. The third-order valence-corrected chi connectivity index (χ3v) is 4.77. The Labute approximate surface area is 152 Å². The van der Waals surface area contributed by atoms with Crippen molar-refractivity contribution < 1.29 is 13.2 Å². The number of hydrogen-bond donors (Lipinski definition) is 0. The van der Waals surface area contributed by atoms with Gasteiger partial charge in [0.2, 0.25) is 0 Å². The SMILES string of the molecule is Cc1ccc(-c2ccc(-c3ccc(C)c(C(F)(F)F)c3)c(C)c2)c(C)c1. The molecule has 3 heteroatoms. The van der Waals surface area contributed by atoms with Crippen LogP contribution in [0.25, 0.3) is 22.3 Å². The smallest absolute Gasteiger partial charge is 0.166 e. The fraction of sp³-hybridized carbons (Fsp3) is 0.217. The first-order valence-corrected chi connectivity index (χ1v) is 8.53. The lowest BCUT2D eigenvalue weighted by molar-refractivity contribution is -0.138. The summed E-state index contributed by atoms with van der Waals surface area (Å²) in [6, 6.07) is 16.8. The summed E-state index contributed by atoms with van der Waals surface area (Å²) in [5.74, 6) is 0. The van der Waals surface area contributed by atoms with E-state index in [2.05, 4.69) is 32.0 Å². The van der Waals surface area contributed by atoms with Gasteiger partial charge in [-0.1, -0.05) is 54.1 Å². The van der Waals surface area contributed by atoms with Gasteiger partial charge in [-0.15, -0.1) is 0 Å². The van der Waals surface area contributed by atoms with Gasteiger partial charge in [0.1, 0.15) is 0 Å². The summed E-state index contributed by atoms with van der Waals surface area (Å²) in [6.45, 7) is 7.56. The molecule has 0 aromatic heterocycles. The van der Waals surface area contributed by atoms with Gasteiger partial charge in [-0.25, -0.2) is 0 Å². The second kappa shape index (κ2) is 6.64. The Hall–Kier alpha value is -2.55. The summed E-state index contributed by atoms with van der Waals surface area (Å²) in [5.41, 5.74) is 6.65. The predicted octanol–water partition coefficient (Wildman–Crippen LogP) is 7.27. The number of alkyl halides is 3. The van der Waals surface area contributed by atoms with Crippen LogP contribution in [-0.4, -0.2) is 0 Å². The molecule has 0 amide bonds. The fourth-order valence-corrected chi connectivity index (χ4v) is 3.39. The zero-order valence-electron chi connectivity index (χ0n) is 15.3. The Morgan fingerprint density at radius 3 is 1.69 bits per heavy atom. The van der Waals surface area contributed by atoms with Gasteiger partial charge in [0.25, 0.3) is 0 Å². The molecule has 0 aliphatic carbocycles. The van der Waals surface area contributed by atoms with E-state index in [4.69, 9.17) is 0 Å². The monoisotopic (exact) mass is 354 g/mol. The van der Waals surface area contributed by atoms with Crippen LogP contribution in [-0.2, 0) is 6.18 Å². The van der Waals surface area contributed by atoms with E-state index >= 15 is 0 Å². The quantitative estimate of drug-likeness (QED) is 0.454. The van der Waals surface area contributed by atoms with E-state index in [1.807, 2.05) is 25.1 Å². The van der Waals surface area contributed by atoms with Crippen LogP contribution in [0.4, 0.5) is 13.2 Å². The standard InChI is InChI=1S/C23H21F3/c1-14-5-9-20(16(3)11-14)18-8-10-21(17(4)12-18)19-7-6-15(2)22(13-19)23(24,25)26/h5-13H,1-4H3. The largest absolute Gasteiger partial charge is 0.416 e. The van der Waals surface area contributed by atoms with Crippen molar-refractivity contribution in [2.45, 2.75) is 33.9 Å². The van der Waals surface area contributed by atoms with Gasteiger partial charge in [-0.05, 0) is 72.7 Å². The number of aryl methyl sites for hydroxylation is 4. The van der Waals surface area contributed by atoms with E-state index in [0.717, 1.165) is 22.3 Å². The van der Waals surface area contributed by atoms with Crippen molar-refractivity contribution >= 4 is 0 Å². The first-order valence-electron chi connectivity index (χ1n) is 8.53. The van der Waals surface area contributed by atoms with Crippen LogP contribution in [0.5, 0.6) is 0 Å². The van der Waals surface area contributed by atoms with Crippen molar-refractivity contribution in [3.63, 3.8) is 0 Å². The van der Waals surface area contributed by atoms with E-state index in [1.54, 1.807) is 6.07 Å².